The Kier molecular flexibility index (Phi) is 3.72. The van der Waals surface area contributed by atoms with Crippen LogP contribution in [0.4, 0.5) is 4.79 Å². The third-order valence-corrected chi connectivity index (χ3v) is 4.23. The Morgan fingerprint density at radius 3 is 2.62 bits per heavy atom. The Morgan fingerprint density at radius 1 is 1.21 bits per heavy atom. The quantitative estimate of drug-likeness (QED) is 0.724. The van der Waals surface area contributed by atoms with Crippen LogP contribution in [0.2, 0.25) is 0 Å². The molecular weight excluding hydrogens is 334 g/mol. The minimum absolute atomic E-state index is 0.0972. The van der Waals surface area contributed by atoms with Crippen molar-refractivity contribution in [1.82, 2.24) is 14.5 Å². The minimum atomic E-state index is -3.48. The number of benzene rings is 1. The molecule has 1 aromatic carbocycles. The molecule has 0 amide bonds. The molecule has 0 aliphatic rings. The number of hydrogen-bond acceptors (Lipinski definition) is 6. The molecule has 2 heterocycles. The zero-order valence-corrected chi connectivity index (χ0v) is 13.6. The molecule has 2 aromatic heterocycles. The van der Waals surface area contributed by atoms with Gasteiger partial charge in [-0.15, -0.1) is 0 Å². The van der Waals surface area contributed by atoms with Gasteiger partial charge in [0.2, 0.25) is 5.88 Å². The summed E-state index contributed by atoms with van der Waals surface area (Å²) in [5, 5.41) is 9.62. The molecule has 3 aromatic rings. The fraction of sp³-hybridized carbons (Fsp3) is 0.133. The third-order valence-electron chi connectivity index (χ3n) is 3.26. The predicted molar refractivity (Wildman–Crippen MR) is 85.3 cm³/mol. The highest BCUT2D eigenvalue weighted by Gasteiger charge is 2.14. The number of sulfone groups is 1. The molecule has 0 spiro atoms. The number of nitrogens with zero attached hydrogens (tertiary/aromatic N) is 3. The van der Waals surface area contributed by atoms with E-state index in [1.807, 2.05) is 0 Å². The Bertz CT molecular complexity index is 1060. The van der Waals surface area contributed by atoms with Crippen LogP contribution in [-0.4, -0.2) is 40.4 Å². The summed E-state index contributed by atoms with van der Waals surface area (Å²) in [5.41, 5.74) is 0.519. The van der Waals surface area contributed by atoms with Gasteiger partial charge in [0.25, 0.3) is 0 Å². The van der Waals surface area contributed by atoms with Gasteiger partial charge in [0, 0.05) is 23.9 Å². The first-order valence-electron chi connectivity index (χ1n) is 6.82. The van der Waals surface area contributed by atoms with E-state index in [0.29, 0.717) is 16.7 Å². The van der Waals surface area contributed by atoms with Crippen LogP contribution < -0.4 is 4.74 Å². The van der Waals surface area contributed by atoms with Crippen LogP contribution in [0.15, 0.2) is 41.6 Å². The third kappa shape index (κ3) is 3.06. The highest BCUT2D eigenvalue weighted by Crippen LogP contribution is 2.26. The summed E-state index contributed by atoms with van der Waals surface area (Å²) in [4.78, 5) is 19.0. The number of rotatable bonds is 3. The van der Waals surface area contributed by atoms with Gasteiger partial charge < -0.3 is 9.84 Å². The Morgan fingerprint density at radius 2 is 1.96 bits per heavy atom. The van der Waals surface area contributed by atoms with Gasteiger partial charge in [-0.3, -0.25) is 4.57 Å². The van der Waals surface area contributed by atoms with Crippen molar-refractivity contribution in [3.63, 3.8) is 0 Å². The summed E-state index contributed by atoms with van der Waals surface area (Å²) < 4.78 is 29.9. The van der Waals surface area contributed by atoms with Crippen molar-refractivity contribution in [3.05, 3.63) is 42.4 Å². The fourth-order valence-electron chi connectivity index (χ4n) is 2.23. The van der Waals surface area contributed by atoms with Gasteiger partial charge in [-0.1, -0.05) is 0 Å². The van der Waals surface area contributed by atoms with Crippen molar-refractivity contribution in [1.29, 1.82) is 0 Å². The summed E-state index contributed by atoms with van der Waals surface area (Å²) in [6.07, 6.45) is 1.41. The maximum Gasteiger partial charge on any atom is 0.415 e. The van der Waals surface area contributed by atoms with Gasteiger partial charge in [-0.25, -0.2) is 18.2 Å². The van der Waals surface area contributed by atoms with E-state index >= 15 is 0 Å². The monoisotopic (exact) mass is 347 g/mol. The van der Waals surface area contributed by atoms with Gasteiger partial charge in [-0.2, -0.15) is 4.98 Å². The van der Waals surface area contributed by atoms with E-state index < -0.39 is 15.9 Å². The number of fused-ring (bicyclic) bond motifs is 1. The second-order valence-corrected chi connectivity index (χ2v) is 7.12. The molecule has 124 valence electrons. The van der Waals surface area contributed by atoms with Crippen molar-refractivity contribution in [2.45, 2.75) is 11.9 Å². The molecule has 24 heavy (non-hydrogen) atoms. The second-order valence-electron chi connectivity index (χ2n) is 5.15. The SMILES string of the molecule is Cc1nc(Oc2ccc3c(ccn3C(=O)O)c2)cc(S(C)(=O)=O)n1. The molecule has 9 heteroatoms. The molecule has 0 saturated heterocycles. The Labute approximate surface area is 137 Å². The normalized spacial score (nSPS) is 11.6. The molecule has 8 nitrogen and oxygen atoms in total. The highest BCUT2D eigenvalue weighted by atomic mass is 32.2. The maximum absolute atomic E-state index is 11.6. The van der Waals surface area contributed by atoms with Gasteiger partial charge in [0.1, 0.15) is 11.6 Å². The van der Waals surface area contributed by atoms with Crippen molar-refractivity contribution < 1.29 is 23.1 Å². The number of carboxylic acid groups (broad SMARTS) is 1. The van der Waals surface area contributed by atoms with E-state index in [9.17, 15) is 13.2 Å². The van der Waals surface area contributed by atoms with Crippen LogP contribution in [0, 0.1) is 6.92 Å². The number of aryl methyl sites for hydroxylation is 1. The highest BCUT2D eigenvalue weighted by molar-refractivity contribution is 7.90. The Balaban J connectivity index is 1.98. The molecular formula is C15H13N3O5S. The summed E-state index contributed by atoms with van der Waals surface area (Å²) >= 11 is 0. The van der Waals surface area contributed by atoms with E-state index in [0.717, 1.165) is 10.8 Å². The summed E-state index contributed by atoms with van der Waals surface area (Å²) in [6.45, 7) is 1.57. The standard InChI is InChI=1S/C15H13N3O5S/c1-9-16-13(8-14(17-9)24(2,21)22)23-11-3-4-12-10(7-11)5-6-18(12)15(19)20/h3-8H,1-2H3,(H,19,20). The minimum Gasteiger partial charge on any atom is -0.464 e. The number of ether oxygens (including phenoxy) is 1. The smallest absolute Gasteiger partial charge is 0.415 e. The number of hydrogen-bond donors (Lipinski definition) is 1. The molecule has 0 unspecified atom stereocenters. The lowest BCUT2D eigenvalue weighted by molar-refractivity contribution is 0.197. The molecule has 0 aliphatic heterocycles. The molecule has 0 saturated carbocycles. The van der Waals surface area contributed by atoms with Gasteiger partial charge in [0.05, 0.1) is 5.52 Å². The average molecular weight is 347 g/mol. The lowest BCUT2D eigenvalue weighted by Gasteiger charge is -2.07. The molecule has 1 N–H and O–H groups in total. The lowest BCUT2D eigenvalue weighted by Crippen LogP contribution is -2.05. The van der Waals surface area contributed by atoms with Crippen LogP contribution in [-0.2, 0) is 9.84 Å². The van der Waals surface area contributed by atoms with E-state index in [-0.39, 0.29) is 16.7 Å². The molecule has 0 bridgehead atoms. The van der Waals surface area contributed by atoms with Crippen LogP contribution >= 0.6 is 0 Å². The van der Waals surface area contributed by atoms with Crippen LogP contribution in [0.25, 0.3) is 10.9 Å². The van der Waals surface area contributed by atoms with Gasteiger partial charge in [-0.05, 0) is 31.2 Å². The molecule has 0 aliphatic carbocycles. The van der Waals surface area contributed by atoms with Gasteiger partial charge in [0.15, 0.2) is 14.9 Å². The zero-order chi connectivity index (χ0) is 17.5. The topological polar surface area (TPSA) is 111 Å². The zero-order valence-electron chi connectivity index (χ0n) is 12.8. The first-order chi connectivity index (χ1) is 11.2. The summed E-state index contributed by atoms with van der Waals surface area (Å²) in [6, 6.07) is 7.72. The van der Waals surface area contributed by atoms with Crippen molar-refractivity contribution in [2.24, 2.45) is 0 Å². The molecule has 3 rings (SSSR count). The van der Waals surface area contributed by atoms with Crippen LogP contribution in [0.5, 0.6) is 11.6 Å². The first-order valence-corrected chi connectivity index (χ1v) is 8.71. The predicted octanol–water partition coefficient (Wildman–Crippen LogP) is 2.46. The first kappa shape index (κ1) is 15.9. The van der Waals surface area contributed by atoms with Crippen molar-refractivity contribution >= 4 is 26.8 Å². The Hall–Kier alpha value is -2.94. The summed E-state index contributed by atoms with van der Waals surface area (Å²) in [5.74, 6) is 0.772. The fourth-order valence-corrected chi connectivity index (χ4v) is 2.84. The average Bonchev–Trinajstić information content (AvgIpc) is 2.89. The second kappa shape index (κ2) is 5.60. The number of aromatic nitrogens is 3. The lowest BCUT2D eigenvalue weighted by atomic mass is 10.2. The van der Waals surface area contributed by atoms with E-state index in [2.05, 4.69) is 9.97 Å². The van der Waals surface area contributed by atoms with Gasteiger partial charge >= 0.3 is 6.09 Å². The van der Waals surface area contributed by atoms with Crippen LogP contribution in [0.3, 0.4) is 0 Å². The van der Waals surface area contributed by atoms with E-state index in [1.165, 1.54) is 12.3 Å². The molecule has 0 atom stereocenters. The molecule has 0 fully saturated rings. The van der Waals surface area contributed by atoms with Crippen molar-refractivity contribution in [3.8, 4) is 11.6 Å². The van der Waals surface area contributed by atoms with E-state index in [4.69, 9.17) is 9.84 Å². The maximum atomic E-state index is 11.6. The largest absolute Gasteiger partial charge is 0.464 e. The van der Waals surface area contributed by atoms with Crippen LogP contribution in [0.1, 0.15) is 5.82 Å². The van der Waals surface area contributed by atoms with E-state index in [1.54, 1.807) is 31.2 Å². The van der Waals surface area contributed by atoms with Crippen molar-refractivity contribution in [2.75, 3.05) is 6.26 Å². The number of carbonyl (C=O) groups is 1. The molecule has 0 radical (unpaired) electrons. The summed E-state index contributed by atoms with van der Waals surface area (Å²) in [7, 11) is -3.48.